The van der Waals surface area contributed by atoms with Crippen LogP contribution in [-0.2, 0) is 0 Å². The number of hydrogen-bond acceptors (Lipinski definition) is 3. The van der Waals surface area contributed by atoms with Crippen LogP contribution in [0, 0.1) is 0 Å². The predicted octanol–water partition coefficient (Wildman–Crippen LogP) is 3.34. The highest BCUT2D eigenvalue weighted by Gasteiger charge is 2.08. The molecule has 20 heavy (non-hydrogen) atoms. The standard InChI is InChI=1S/C15H16N2O2.ClH/c1-2-19-12-9-7-11(8-10-12)17-15(18)13-5-3-4-6-14(13)16;/h3-10H,2,16H2,1H3,(H,17,18);1H. The van der Waals surface area contributed by atoms with Crippen LogP contribution in [-0.4, -0.2) is 12.5 Å². The highest BCUT2D eigenvalue weighted by Crippen LogP contribution is 2.18. The zero-order valence-corrected chi connectivity index (χ0v) is 11.9. The summed E-state index contributed by atoms with van der Waals surface area (Å²) in [6.07, 6.45) is 0. The number of para-hydroxylation sites is 1. The summed E-state index contributed by atoms with van der Waals surface area (Å²) in [6.45, 7) is 2.54. The fourth-order valence-electron chi connectivity index (χ4n) is 1.70. The third-order valence-corrected chi connectivity index (χ3v) is 2.63. The average Bonchev–Trinajstić information content (AvgIpc) is 2.42. The van der Waals surface area contributed by atoms with Gasteiger partial charge in [0.1, 0.15) is 5.75 Å². The van der Waals surface area contributed by atoms with Gasteiger partial charge in [0.15, 0.2) is 0 Å². The third kappa shape index (κ3) is 3.90. The lowest BCUT2D eigenvalue weighted by molar-refractivity contribution is 0.102. The van der Waals surface area contributed by atoms with Crippen LogP contribution in [0.1, 0.15) is 17.3 Å². The molecule has 0 aliphatic heterocycles. The van der Waals surface area contributed by atoms with Crippen LogP contribution in [0.4, 0.5) is 11.4 Å². The second kappa shape index (κ2) is 7.40. The number of hydrogen-bond donors (Lipinski definition) is 2. The lowest BCUT2D eigenvalue weighted by Gasteiger charge is -2.08. The van der Waals surface area contributed by atoms with Crippen molar-refractivity contribution < 1.29 is 9.53 Å². The Hall–Kier alpha value is -2.20. The molecule has 3 N–H and O–H groups in total. The number of amides is 1. The molecule has 4 nitrogen and oxygen atoms in total. The van der Waals surface area contributed by atoms with Gasteiger partial charge in [0.05, 0.1) is 12.2 Å². The van der Waals surface area contributed by atoms with Gasteiger partial charge in [0, 0.05) is 11.4 Å². The smallest absolute Gasteiger partial charge is 0.257 e. The van der Waals surface area contributed by atoms with Crippen LogP contribution >= 0.6 is 12.4 Å². The summed E-state index contributed by atoms with van der Waals surface area (Å²) >= 11 is 0. The number of nitrogen functional groups attached to an aromatic ring is 1. The van der Waals surface area contributed by atoms with Gasteiger partial charge in [0.25, 0.3) is 5.91 Å². The van der Waals surface area contributed by atoms with E-state index in [1.807, 2.05) is 19.1 Å². The maximum atomic E-state index is 12.0. The van der Waals surface area contributed by atoms with Crippen molar-refractivity contribution in [1.82, 2.24) is 0 Å². The highest BCUT2D eigenvalue weighted by molar-refractivity contribution is 6.07. The van der Waals surface area contributed by atoms with E-state index in [0.717, 1.165) is 5.75 Å². The Balaban J connectivity index is 0.00000200. The Bertz CT molecular complexity index is 570. The van der Waals surface area contributed by atoms with Crippen molar-refractivity contribution >= 4 is 29.7 Å². The Morgan fingerprint density at radius 1 is 1.15 bits per heavy atom. The quantitative estimate of drug-likeness (QED) is 0.850. The van der Waals surface area contributed by atoms with Gasteiger partial charge in [-0.2, -0.15) is 0 Å². The Kier molecular flexibility index (Phi) is 5.87. The van der Waals surface area contributed by atoms with Crippen molar-refractivity contribution in [3.05, 3.63) is 54.1 Å². The van der Waals surface area contributed by atoms with E-state index in [0.29, 0.717) is 23.5 Å². The number of nitrogens with two attached hydrogens (primary N) is 1. The molecule has 0 fully saturated rings. The van der Waals surface area contributed by atoms with Gasteiger partial charge in [0.2, 0.25) is 0 Å². The molecule has 0 heterocycles. The first-order chi connectivity index (χ1) is 9.20. The summed E-state index contributed by atoms with van der Waals surface area (Å²) in [7, 11) is 0. The topological polar surface area (TPSA) is 64.3 Å². The van der Waals surface area contributed by atoms with Crippen LogP contribution in [0.3, 0.4) is 0 Å². The Labute approximate surface area is 124 Å². The van der Waals surface area contributed by atoms with Crippen molar-refractivity contribution in [1.29, 1.82) is 0 Å². The Morgan fingerprint density at radius 2 is 1.80 bits per heavy atom. The van der Waals surface area contributed by atoms with E-state index in [1.54, 1.807) is 36.4 Å². The molecule has 0 aliphatic rings. The SMILES string of the molecule is CCOc1ccc(NC(=O)c2ccccc2N)cc1.Cl. The summed E-state index contributed by atoms with van der Waals surface area (Å²) in [6, 6.07) is 14.2. The first-order valence-corrected chi connectivity index (χ1v) is 6.09. The molecule has 0 aromatic heterocycles. The van der Waals surface area contributed by atoms with E-state index in [1.165, 1.54) is 0 Å². The molecule has 0 spiro atoms. The number of ether oxygens (including phenoxy) is 1. The fraction of sp³-hybridized carbons (Fsp3) is 0.133. The number of halogens is 1. The van der Waals surface area contributed by atoms with Gasteiger partial charge in [-0.25, -0.2) is 0 Å². The van der Waals surface area contributed by atoms with Crippen molar-refractivity contribution in [3.8, 4) is 5.75 Å². The van der Waals surface area contributed by atoms with Crippen LogP contribution in [0.2, 0.25) is 0 Å². The molecule has 2 aromatic carbocycles. The van der Waals surface area contributed by atoms with E-state index < -0.39 is 0 Å². The van der Waals surface area contributed by atoms with E-state index >= 15 is 0 Å². The van der Waals surface area contributed by atoms with Gasteiger partial charge in [-0.3, -0.25) is 4.79 Å². The average molecular weight is 293 g/mol. The van der Waals surface area contributed by atoms with Crippen LogP contribution in [0.25, 0.3) is 0 Å². The number of carbonyl (C=O) groups excluding carboxylic acids is 1. The van der Waals surface area contributed by atoms with E-state index in [9.17, 15) is 4.79 Å². The number of nitrogens with one attached hydrogen (secondary N) is 1. The largest absolute Gasteiger partial charge is 0.494 e. The van der Waals surface area contributed by atoms with Gasteiger partial charge < -0.3 is 15.8 Å². The summed E-state index contributed by atoms with van der Waals surface area (Å²) in [4.78, 5) is 12.0. The summed E-state index contributed by atoms with van der Waals surface area (Å²) in [5.41, 5.74) is 7.40. The van der Waals surface area contributed by atoms with E-state index in [-0.39, 0.29) is 18.3 Å². The monoisotopic (exact) mass is 292 g/mol. The first kappa shape index (κ1) is 15.9. The molecule has 0 saturated heterocycles. The molecule has 0 unspecified atom stereocenters. The van der Waals surface area contributed by atoms with Gasteiger partial charge >= 0.3 is 0 Å². The second-order valence-corrected chi connectivity index (χ2v) is 4.00. The zero-order chi connectivity index (χ0) is 13.7. The van der Waals surface area contributed by atoms with Crippen LogP contribution < -0.4 is 15.8 Å². The lowest BCUT2D eigenvalue weighted by Crippen LogP contribution is -2.13. The summed E-state index contributed by atoms with van der Waals surface area (Å²) < 4.78 is 5.34. The maximum Gasteiger partial charge on any atom is 0.257 e. The van der Waals surface area contributed by atoms with Gasteiger partial charge in [-0.05, 0) is 43.3 Å². The number of carbonyl (C=O) groups is 1. The van der Waals surface area contributed by atoms with Gasteiger partial charge in [-0.1, -0.05) is 12.1 Å². The molecular formula is C15H17ClN2O2. The minimum absolute atomic E-state index is 0. The Morgan fingerprint density at radius 3 is 2.40 bits per heavy atom. The molecule has 0 saturated carbocycles. The van der Waals surface area contributed by atoms with Crippen LogP contribution in [0.15, 0.2) is 48.5 Å². The number of benzene rings is 2. The minimum atomic E-state index is -0.220. The first-order valence-electron chi connectivity index (χ1n) is 6.09. The molecular weight excluding hydrogens is 276 g/mol. The molecule has 2 rings (SSSR count). The van der Waals surface area contributed by atoms with Gasteiger partial charge in [-0.15, -0.1) is 12.4 Å². The van der Waals surface area contributed by atoms with Crippen molar-refractivity contribution in [2.75, 3.05) is 17.7 Å². The molecule has 1 amide bonds. The highest BCUT2D eigenvalue weighted by atomic mass is 35.5. The molecule has 5 heteroatoms. The van der Waals surface area contributed by atoms with Crippen molar-refractivity contribution in [2.45, 2.75) is 6.92 Å². The van der Waals surface area contributed by atoms with Crippen molar-refractivity contribution in [3.63, 3.8) is 0 Å². The lowest BCUT2D eigenvalue weighted by atomic mass is 10.1. The number of anilines is 2. The maximum absolute atomic E-state index is 12.0. The zero-order valence-electron chi connectivity index (χ0n) is 11.1. The molecule has 0 atom stereocenters. The molecule has 106 valence electrons. The minimum Gasteiger partial charge on any atom is -0.494 e. The fourth-order valence-corrected chi connectivity index (χ4v) is 1.70. The molecule has 0 bridgehead atoms. The molecule has 2 aromatic rings. The summed E-state index contributed by atoms with van der Waals surface area (Å²) in [5, 5.41) is 2.79. The van der Waals surface area contributed by atoms with E-state index in [2.05, 4.69) is 5.32 Å². The normalized spacial score (nSPS) is 9.45. The second-order valence-electron chi connectivity index (χ2n) is 4.00. The van der Waals surface area contributed by atoms with Crippen LogP contribution in [0.5, 0.6) is 5.75 Å². The molecule has 0 radical (unpaired) electrons. The molecule has 0 aliphatic carbocycles. The summed E-state index contributed by atoms with van der Waals surface area (Å²) in [5.74, 6) is 0.557. The van der Waals surface area contributed by atoms with Crippen molar-refractivity contribution in [2.24, 2.45) is 0 Å². The van der Waals surface area contributed by atoms with E-state index in [4.69, 9.17) is 10.5 Å². The third-order valence-electron chi connectivity index (χ3n) is 2.63. The predicted molar refractivity (Wildman–Crippen MR) is 83.7 cm³/mol. The number of rotatable bonds is 4.